The molecule has 0 heterocycles. The molecule has 1 rings (SSSR count). The fourth-order valence-corrected chi connectivity index (χ4v) is 1.01. The zero-order valence-electron chi connectivity index (χ0n) is 8.77. The Kier molecular flexibility index (Phi) is 7.48. The van der Waals surface area contributed by atoms with Crippen molar-refractivity contribution in [3.63, 3.8) is 0 Å². The summed E-state index contributed by atoms with van der Waals surface area (Å²) in [4.78, 5) is 2.12. The molecule has 0 unspecified atom stereocenters. The Labute approximate surface area is 92.3 Å². The Bertz CT molecular complexity index is 226. The Hall–Kier alpha value is -0.570. The summed E-state index contributed by atoms with van der Waals surface area (Å²) in [5.74, 6) is 0. The summed E-state index contributed by atoms with van der Waals surface area (Å²) in [5, 5.41) is 0. The average Bonchev–Trinajstić information content (AvgIpc) is 2.14. The molecule has 0 saturated heterocycles. The largest absolute Gasteiger partial charge is 0.375 e. The van der Waals surface area contributed by atoms with Gasteiger partial charge in [-0.25, -0.2) is 0 Å². The predicted octanol–water partition coefficient (Wildman–Crippen LogP) is 2.19. The van der Waals surface area contributed by atoms with E-state index in [2.05, 4.69) is 17.0 Å². The van der Waals surface area contributed by atoms with Gasteiger partial charge in [-0.1, -0.05) is 30.3 Å². The molecule has 0 spiro atoms. The van der Waals surface area contributed by atoms with E-state index < -0.39 is 0 Å². The summed E-state index contributed by atoms with van der Waals surface area (Å²) in [7, 11) is 4.09. The van der Waals surface area contributed by atoms with Crippen LogP contribution in [0.15, 0.2) is 30.3 Å². The lowest BCUT2D eigenvalue weighted by Crippen LogP contribution is -2.17. The van der Waals surface area contributed by atoms with Gasteiger partial charge in [-0.15, -0.1) is 12.4 Å². The lowest BCUT2D eigenvalue weighted by molar-refractivity contribution is 0.105. The maximum atomic E-state index is 5.49. The number of nitrogens with zero attached hydrogens (tertiary/aromatic N) is 1. The van der Waals surface area contributed by atoms with Crippen molar-refractivity contribution in [2.75, 3.05) is 27.2 Å². The molecule has 0 aromatic heterocycles. The Morgan fingerprint density at radius 2 is 1.79 bits per heavy atom. The van der Waals surface area contributed by atoms with Crippen molar-refractivity contribution in [2.45, 2.75) is 6.61 Å². The van der Waals surface area contributed by atoms with Crippen LogP contribution in [0, 0.1) is 0 Å². The molecule has 0 fully saturated rings. The van der Waals surface area contributed by atoms with Crippen LogP contribution in [0.1, 0.15) is 5.56 Å². The van der Waals surface area contributed by atoms with E-state index in [1.807, 2.05) is 32.3 Å². The smallest absolute Gasteiger partial charge is 0.0717 e. The van der Waals surface area contributed by atoms with E-state index in [0.717, 1.165) is 13.2 Å². The van der Waals surface area contributed by atoms with Gasteiger partial charge in [-0.05, 0) is 19.7 Å². The molecule has 1 aromatic rings. The highest BCUT2D eigenvalue weighted by Crippen LogP contribution is 1.99. The average molecular weight is 216 g/mol. The molecule has 0 amide bonds. The third kappa shape index (κ3) is 5.97. The molecule has 0 N–H and O–H groups in total. The highest BCUT2D eigenvalue weighted by molar-refractivity contribution is 5.85. The van der Waals surface area contributed by atoms with Gasteiger partial charge in [0.2, 0.25) is 0 Å². The van der Waals surface area contributed by atoms with Crippen LogP contribution in [0.25, 0.3) is 0 Å². The van der Waals surface area contributed by atoms with E-state index in [-0.39, 0.29) is 12.4 Å². The number of halogens is 1. The van der Waals surface area contributed by atoms with Crippen molar-refractivity contribution < 1.29 is 4.74 Å². The fourth-order valence-electron chi connectivity index (χ4n) is 1.01. The first kappa shape index (κ1) is 13.4. The van der Waals surface area contributed by atoms with Crippen molar-refractivity contribution in [1.29, 1.82) is 0 Å². The molecule has 0 atom stereocenters. The molecule has 0 saturated carbocycles. The van der Waals surface area contributed by atoms with Crippen molar-refractivity contribution in [3.8, 4) is 0 Å². The summed E-state index contributed by atoms with van der Waals surface area (Å²) < 4.78 is 5.49. The molecule has 0 radical (unpaired) electrons. The van der Waals surface area contributed by atoms with Gasteiger partial charge in [-0.3, -0.25) is 0 Å². The van der Waals surface area contributed by atoms with E-state index in [0.29, 0.717) is 6.61 Å². The van der Waals surface area contributed by atoms with Gasteiger partial charge < -0.3 is 9.64 Å². The van der Waals surface area contributed by atoms with Gasteiger partial charge >= 0.3 is 0 Å². The van der Waals surface area contributed by atoms with E-state index in [1.54, 1.807) is 0 Å². The molecule has 14 heavy (non-hydrogen) atoms. The van der Waals surface area contributed by atoms with Crippen molar-refractivity contribution in [2.24, 2.45) is 0 Å². The van der Waals surface area contributed by atoms with Gasteiger partial charge in [-0.2, -0.15) is 0 Å². The van der Waals surface area contributed by atoms with Gasteiger partial charge in [0.25, 0.3) is 0 Å². The second-order valence-electron chi connectivity index (χ2n) is 3.34. The number of benzene rings is 1. The molecule has 80 valence electrons. The summed E-state index contributed by atoms with van der Waals surface area (Å²) in [6, 6.07) is 10.2. The van der Waals surface area contributed by atoms with Crippen LogP contribution in [0.3, 0.4) is 0 Å². The number of rotatable bonds is 5. The summed E-state index contributed by atoms with van der Waals surface area (Å²) in [5.41, 5.74) is 1.24. The van der Waals surface area contributed by atoms with Crippen molar-refractivity contribution in [1.82, 2.24) is 4.90 Å². The van der Waals surface area contributed by atoms with Gasteiger partial charge in [0.1, 0.15) is 0 Å². The summed E-state index contributed by atoms with van der Waals surface area (Å²) in [6.45, 7) is 2.49. The summed E-state index contributed by atoms with van der Waals surface area (Å²) >= 11 is 0. The third-order valence-corrected chi connectivity index (χ3v) is 1.79. The number of ether oxygens (including phenoxy) is 1. The van der Waals surface area contributed by atoms with Crippen LogP contribution in [-0.4, -0.2) is 32.1 Å². The van der Waals surface area contributed by atoms with Crippen LogP contribution in [0.5, 0.6) is 0 Å². The second-order valence-corrected chi connectivity index (χ2v) is 3.34. The number of likely N-dealkylation sites (N-methyl/N-ethyl adjacent to an activating group) is 1. The van der Waals surface area contributed by atoms with Gasteiger partial charge in [0, 0.05) is 6.54 Å². The van der Waals surface area contributed by atoms with E-state index >= 15 is 0 Å². The second kappa shape index (κ2) is 7.80. The molecule has 0 aliphatic heterocycles. The van der Waals surface area contributed by atoms with Crippen molar-refractivity contribution >= 4 is 12.4 Å². The monoisotopic (exact) mass is 215 g/mol. The molecule has 0 bridgehead atoms. The van der Waals surface area contributed by atoms with Crippen LogP contribution >= 0.6 is 12.4 Å². The SMILES string of the molecule is CN(C)CCOCc1ccccc1.Cl. The highest BCUT2D eigenvalue weighted by atomic mass is 35.5. The van der Waals surface area contributed by atoms with Crippen LogP contribution in [0.2, 0.25) is 0 Å². The van der Waals surface area contributed by atoms with Crippen molar-refractivity contribution in [3.05, 3.63) is 35.9 Å². The topological polar surface area (TPSA) is 12.5 Å². The minimum atomic E-state index is 0. The number of hydrogen-bond donors (Lipinski definition) is 0. The van der Waals surface area contributed by atoms with Gasteiger partial charge in [0.05, 0.1) is 13.2 Å². The standard InChI is InChI=1S/C11H17NO.ClH/c1-12(2)8-9-13-10-11-6-4-3-5-7-11;/h3-7H,8-10H2,1-2H3;1H. The quantitative estimate of drug-likeness (QED) is 0.699. The van der Waals surface area contributed by atoms with E-state index in [4.69, 9.17) is 4.74 Å². The maximum Gasteiger partial charge on any atom is 0.0717 e. The first-order valence-corrected chi connectivity index (χ1v) is 4.55. The highest BCUT2D eigenvalue weighted by Gasteiger charge is 1.92. The minimum absolute atomic E-state index is 0. The maximum absolute atomic E-state index is 5.49. The Morgan fingerprint density at radius 1 is 1.14 bits per heavy atom. The zero-order chi connectivity index (χ0) is 9.52. The molecule has 3 heteroatoms. The lowest BCUT2D eigenvalue weighted by atomic mass is 10.2. The molecule has 0 aliphatic carbocycles. The molecular weight excluding hydrogens is 198 g/mol. The molecule has 1 aromatic carbocycles. The Balaban J connectivity index is 0.00000169. The van der Waals surface area contributed by atoms with Crippen LogP contribution in [-0.2, 0) is 11.3 Å². The zero-order valence-corrected chi connectivity index (χ0v) is 9.59. The van der Waals surface area contributed by atoms with Crippen LogP contribution in [0.4, 0.5) is 0 Å². The lowest BCUT2D eigenvalue weighted by Gasteiger charge is -2.09. The van der Waals surface area contributed by atoms with Gasteiger partial charge in [0.15, 0.2) is 0 Å². The van der Waals surface area contributed by atoms with Crippen LogP contribution < -0.4 is 0 Å². The molecular formula is C11H18ClNO. The first-order chi connectivity index (χ1) is 6.29. The normalized spacial score (nSPS) is 9.93. The fraction of sp³-hybridized carbons (Fsp3) is 0.455. The molecule has 0 aliphatic rings. The van der Waals surface area contributed by atoms with E-state index in [9.17, 15) is 0 Å². The third-order valence-electron chi connectivity index (χ3n) is 1.79. The first-order valence-electron chi connectivity index (χ1n) is 4.55. The molecule has 2 nitrogen and oxygen atoms in total. The predicted molar refractivity (Wildman–Crippen MR) is 61.9 cm³/mol. The minimum Gasteiger partial charge on any atom is -0.375 e. The summed E-state index contributed by atoms with van der Waals surface area (Å²) in [6.07, 6.45) is 0. The Morgan fingerprint density at radius 3 is 2.36 bits per heavy atom. The van der Waals surface area contributed by atoms with E-state index in [1.165, 1.54) is 5.56 Å². The number of hydrogen-bond acceptors (Lipinski definition) is 2.